The number of aromatic nitrogens is 1. The quantitative estimate of drug-likeness (QED) is 0.798. The molecule has 124 valence electrons. The predicted molar refractivity (Wildman–Crippen MR) is 94.6 cm³/mol. The van der Waals surface area contributed by atoms with Crippen LogP contribution in [-0.4, -0.2) is 24.0 Å². The highest BCUT2D eigenvalue weighted by Gasteiger charge is 1.99. The van der Waals surface area contributed by atoms with Gasteiger partial charge in [-0.05, 0) is 37.5 Å². The molecule has 0 saturated heterocycles. The maximum Gasteiger partial charge on any atom is 0.220 e. The van der Waals surface area contributed by atoms with E-state index < -0.39 is 0 Å². The van der Waals surface area contributed by atoms with Gasteiger partial charge in [-0.15, -0.1) is 0 Å². The van der Waals surface area contributed by atoms with Gasteiger partial charge in [0.15, 0.2) is 0 Å². The number of ether oxygens (including phenoxy) is 1. The first kappa shape index (κ1) is 17.6. The van der Waals surface area contributed by atoms with Crippen molar-refractivity contribution >= 4 is 5.91 Å². The molecule has 1 heterocycles. The fourth-order valence-corrected chi connectivity index (χ4v) is 2.10. The number of carbonyl (C=O) groups excluding carboxylic acids is 1. The number of amides is 1. The second-order valence-corrected chi connectivity index (χ2v) is 5.39. The molecule has 4 heteroatoms. The molecule has 2 rings (SSSR count). The second-order valence-electron chi connectivity index (χ2n) is 5.39. The van der Waals surface area contributed by atoms with Gasteiger partial charge in [0.25, 0.3) is 0 Å². The van der Waals surface area contributed by atoms with Crippen LogP contribution in [0.2, 0.25) is 0 Å². The third-order valence-electron chi connectivity index (χ3n) is 3.41. The molecular formula is C20H22N2O2. The molecule has 0 aliphatic rings. The fourth-order valence-electron chi connectivity index (χ4n) is 2.10. The molecule has 0 aliphatic carbocycles. The summed E-state index contributed by atoms with van der Waals surface area (Å²) in [6.45, 7) is 2.56. The number of benzene rings is 1. The predicted octanol–water partition coefficient (Wildman–Crippen LogP) is 2.91. The van der Waals surface area contributed by atoms with Crippen molar-refractivity contribution in [2.45, 2.75) is 26.2 Å². The Kier molecular flexibility index (Phi) is 7.36. The summed E-state index contributed by atoms with van der Waals surface area (Å²) >= 11 is 0. The first-order chi connectivity index (χ1) is 11.7. The molecule has 0 fully saturated rings. The van der Waals surface area contributed by atoms with Crippen molar-refractivity contribution in [2.24, 2.45) is 0 Å². The zero-order chi connectivity index (χ0) is 17.0. The van der Waals surface area contributed by atoms with Crippen molar-refractivity contribution in [1.82, 2.24) is 10.3 Å². The minimum absolute atomic E-state index is 0.0314. The van der Waals surface area contributed by atoms with Gasteiger partial charge >= 0.3 is 0 Å². The minimum atomic E-state index is 0.0314. The van der Waals surface area contributed by atoms with Crippen molar-refractivity contribution in [1.29, 1.82) is 0 Å². The summed E-state index contributed by atoms with van der Waals surface area (Å²) < 4.78 is 5.43. The number of nitrogens with zero attached hydrogens (tertiary/aromatic N) is 1. The number of hydrogen-bond acceptors (Lipinski definition) is 3. The van der Waals surface area contributed by atoms with Crippen molar-refractivity contribution in [3.05, 3.63) is 59.9 Å². The molecule has 0 saturated carbocycles. The topological polar surface area (TPSA) is 51.2 Å². The van der Waals surface area contributed by atoms with Crippen LogP contribution in [0.1, 0.15) is 24.1 Å². The summed E-state index contributed by atoms with van der Waals surface area (Å²) in [6, 6.07) is 13.9. The first-order valence-electron chi connectivity index (χ1n) is 8.06. The van der Waals surface area contributed by atoms with Crippen molar-refractivity contribution in [2.75, 3.05) is 13.2 Å². The zero-order valence-corrected chi connectivity index (χ0v) is 13.9. The van der Waals surface area contributed by atoms with Crippen LogP contribution >= 0.6 is 0 Å². The van der Waals surface area contributed by atoms with E-state index in [2.05, 4.69) is 34.3 Å². The van der Waals surface area contributed by atoms with E-state index in [0.717, 1.165) is 18.5 Å². The van der Waals surface area contributed by atoms with Crippen molar-refractivity contribution in [3.63, 3.8) is 0 Å². The standard InChI is InChI=1S/C20H22N2O2/c1-17-12-13-19(16-22-17)24-15-6-5-14-21-20(23)11-7-10-18-8-3-2-4-9-18/h2-4,8-9,12-13,16H,7,10-11,14-15H2,1H3,(H,21,23). The summed E-state index contributed by atoms with van der Waals surface area (Å²) in [7, 11) is 0. The van der Waals surface area contributed by atoms with Crippen LogP contribution < -0.4 is 10.1 Å². The zero-order valence-electron chi connectivity index (χ0n) is 13.9. The van der Waals surface area contributed by atoms with Gasteiger partial charge in [-0.1, -0.05) is 42.2 Å². The van der Waals surface area contributed by atoms with E-state index >= 15 is 0 Å². The fraction of sp³-hybridized carbons (Fsp3) is 0.300. The third-order valence-corrected chi connectivity index (χ3v) is 3.41. The van der Waals surface area contributed by atoms with E-state index in [1.165, 1.54) is 5.56 Å². The highest BCUT2D eigenvalue weighted by atomic mass is 16.5. The lowest BCUT2D eigenvalue weighted by atomic mass is 10.1. The molecule has 0 atom stereocenters. The lowest BCUT2D eigenvalue weighted by Crippen LogP contribution is -2.23. The largest absolute Gasteiger partial charge is 0.479 e. The van der Waals surface area contributed by atoms with E-state index in [9.17, 15) is 4.79 Å². The SMILES string of the molecule is Cc1ccc(OCC#CCNC(=O)CCCc2ccccc2)cn1. The Morgan fingerprint density at radius 3 is 2.75 bits per heavy atom. The Hall–Kier alpha value is -2.80. The number of rotatable bonds is 7. The Bertz CT molecular complexity index is 685. The van der Waals surface area contributed by atoms with Gasteiger partial charge in [-0.3, -0.25) is 9.78 Å². The van der Waals surface area contributed by atoms with E-state index in [1.807, 2.05) is 37.3 Å². The van der Waals surface area contributed by atoms with Gasteiger partial charge in [0.05, 0.1) is 12.7 Å². The molecule has 0 unspecified atom stereocenters. The van der Waals surface area contributed by atoms with Gasteiger partial charge in [-0.25, -0.2) is 0 Å². The molecule has 0 aliphatic heterocycles. The molecule has 1 aromatic heterocycles. The van der Waals surface area contributed by atoms with Gasteiger partial charge < -0.3 is 10.1 Å². The normalized spacial score (nSPS) is 9.71. The minimum Gasteiger partial charge on any atom is -0.479 e. The number of aryl methyl sites for hydroxylation is 2. The molecular weight excluding hydrogens is 300 g/mol. The maximum atomic E-state index is 11.7. The highest BCUT2D eigenvalue weighted by molar-refractivity contribution is 5.76. The summed E-state index contributed by atoms with van der Waals surface area (Å²) in [5.74, 6) is 6.48. The van der Waals surface area contributed by atoms with Crippen molar-refractivity contribution < 1.29 is 9.53 Å². The maximum absolute atomic E-state index is 11.7. The summed E-state index contributed by atoms with van der Waals surface area (Å²) in [5, 5.41) is 2.79. The Labute approximate surface area is 143 Å². The third kappa shape index (κ3) is 6.97. The van der Waals surface area contributed by atoms with Crippen LogP contribution in [0.3, 0.4) is 0 Å². The molecule has 24 heavy (non-hydrogen) atoms. The van der Waals surface area contributed by atoms with E-state index in [4.69, 9.17) is 4.74 Å². The average molecular weight is 322 g/mol. The molecule has 0 radical (unpaired) electrons. The lowest BCUT2D eigenvalue weighted by molar-refractivity contribution is -0.120. The average Bonchev–Trinajstić information content (AvgIpc) is 2.60. The van der Waals surface area contributed by atoms with Gasteiger partial charge in [0.1, 0.15) is 12.4 Å². The van der Waals surface area contributed by atoms with Gasteiger partial charge in [-0.2, -0.15) is 0 Å². The molecule has 2 aromatic rings. The first-order valence-corrected chi connectivity index (χ1v) is 8.06. The van der Waals surface area contributed by atoms with E-state index in [1.54, 1.807) is 6.20 Å². The van der Waals surface area contributed by atoms with E-state index in [-0.39, 0.29) is 12.5 Å². The van der Waals surface area contributed by atoms with Crippen LogP contribution in [-0.2, 0) is 11.2 Å². The van der Waals surface area contributed by atoms with Crippen LogP contribution in [0.25, 0.3) is 0 Å². The van der Waals surface area contributed by atoms with Crippen LogP contribution in [0, 0.1) is 18.8 Å². The van der Waals surface area contributed by atoms with E-state index in [0.29, 0.717) is 18.7 Å². The molecule has 1 aromatic carbocycles. The summed E-state index contributed by atoms with van der Waals surface area (Å²) in [4.78, 5) is 15.8. The smallest absolute Gasteiger partial charge is 0.220 e. The van der Waals surface area contributed by atoms with Crippen LogP contribution in [0.15, 0.2) is 48.7 Å². The second kappa shape index (κ2) is 10.1. The molecule has 1 amide bonds. The number of pyridine rings is 1. The number of nitrogens with one attached hydrogen (secondary N) is 1. The molecule has 0 spiro atoms. The number of hydrogen-bond donors (Lipinski definition) is 1. The lowest BCUT2D eigenvalue weighted by Gasteiger charge is -2.02. The highest BCUT2D eigenvalue weighted by Crippen LogP contribution is 2.07. The molecule has 1 N–H and O–H groups in total. The number of carbonyl (C=O) groups is 1. The molecule has 0 bridgehead atoms. The summed E-state index contributed by atoms with van der Waals surface area (Å²) in [6.07, 6.45) is 3.94. The Morgan fingerprint density at radius 2 is 2.00 bits per heavy atom. The van der Waals surface area contributed by atoms with Crippen molar-refractivity contribution in [3.8, 4) is 17.6 Å². The van der Waals surface area contributed by atoms with Gasteiger partial charge in [0.2, 0.25) is 5.91 Å². The Morgan fingerprint density at radius 1 is 1.17 bits per heavy atom. The Balaban J connectivity index is 1.55. The molecule has 4 nitrogen and oxygen atoms in total. The van der Waals surface area contributed by atoms with Gasteiger partial charge in [0, 0.05) is 12.1 Å². The summed E-state index contributed by atoms with van der Waals surface area (Å²) in [5.41, 5.74) is 2.20. The monoisotopic (exact) mass is 322 g/mol. The van der Waals surface area contributed by atoms with Crippen LogP contribution in [0.4, 0.5) is 0 Å². The van der Waals surface area contributed by atoms with Crippen LogP contribution in [0.5, 0.6) is 5.75 Å².